The van der Waals surface area contributed by atoms with Crippen LogP contribution in [0.4, 0.5) is 5.69 Å². The first-order chi connectivity index (χ1) is 15.9. The lowest BCUT2D eigenvalue weighted by atomic mass is 10.1. The van der Waals surface area contributed by atoms with E-state index in [0.29, 0.717) is 42.5 Å². The predicted octanol–water partition coefficient (Wildman–Crippen LogP) is 4.16. The third-order valence-electron chi connectivity index (χ3n) is 5.45. The molecule has 4 rings (SSSR count). The summed E-state index contributed by atoms with van der Waals surface area (Å²) in [5, 5.41) is 2.94. The zero-order chi connectivity index (χ0) is 23.4. The Kier molecular flexibility index (Phi) is 6.55. The van der Waals surface area contributed by atoms with Crippen molar-refractivity contribution in [2.24, 2.45) is 0 Å². The van der Waals surface area contributed by atoms with Gasteiger partial charge in [0, 0.05) is 12.1 Å². The summed E-state index contributed by atoms with van der Waals surface area (Å²) in [5.74, 6) is 1.06. The molecule has 172 valence electrons. The molecule has 1 amide bonds. The molecule has 33 heavy (non-hydrogen) atoms. The van der Waals surface area contributed by atoms with Gasteiger partial charge in [0.2, 0.25) is 0 Å². The second kappa shape index (κ2) is 9.54. The third kappa shape index (κ3) is 4.80. The van der Waals surface area contributed by atoms with Crippen LogP contribution in [0.15, 0.2) is 77.7 Å². The fourth-order valence-corrected chi connectivity index (χ4v) is 5.16. The molecule has 1 N–H and O–H groups in total. The molecule has 0 unspecified atom stereocenters. The number of sulfonamides is 1. The number of hydrogen-bond donors (Lipinski definition) is 1. The highest BCUT2D eigenvalue weighted by Crippen LogP contribution is 2.32. The molecule has 7 nitrogen and oxygen atoms in total. The van der Waals surface area contributed by atoms with Crippen molar-refractivity contribution in [3.05, 3.63) is 83.9 Å². The maximum Gasteiger partial charge on any atom is 0.264 e. The minimum atomic E-state index is -3.75. The predicted molar refractivity (Wildman–Crippen MR) is 126 cm³/mol. The third-order valence-corrected chi connectivity index (χ3v) is 7.37. The van der Waals surface area contributed by atoms with E-state index in [1.165, 1.54) is 28.6 Å². The van der Waals surface area contributed by atoms with E-state index in [9.17, 15) is 13.2 Å². The molecule has 1 aliphatic rings. The summed E-state index contributed by atoms with van der Waals surface area (Å²) in [5.41, 5.74) is 1.85. The molecule has 1 aliphatic heterocycles. The van der Waals surface area contributed by atoms with Crippen molar-refractivity contribution in [3.8, 4) is 11.5 Å². The fraction of sp³-hybridized carbons (Fsp3) is 0.240. The topological polar surface area (TPSA) is 84.9 Å². The van der Waals surface area contributed by atoms with Gasteiger partial charge in [-0.05, 0) is 67.9 Å². The van der Waals surface area contributed by atoms with Gasteiger partial charge in [-0.25, -0.2) is 8.42 Å². The number of carbonyl (C=O) groups excluding carboxylic acids is 1. The number of fused-ring (bicyclic) bond motifs is 1. The van der Waals surface area contributed by atoms with E-state index in [1.54, 1.807) is 31.2 Å². The van der Waals surface area contributed by atoms with E-state index in [2.05, 4.69) is 5.32 Å². The minimum absolute atomic E-state index is 0.129. The molecule has 3 aromatic rings. The molecule has 0 saturated heterocycles. The van der Waals surface area contributed by atoms with Crippen molar-refractivity contribution in [2.75, 3.05) is 24.1 Å². The first-order valence-corrected chi connectivity index (χ1v) is 12.2. The molecule has 0 spiro atoms. The number of rotatable bonds is 7. The van der Waals surface area contributed by atoms with Crippen LogP contribution in [0.25, 0.3) is 0 Å². The normalized spacial score (nSPS) is 13.8. The molecule has 0 aromatic heterocycles. The standard InChI is InChI=1S/C25H26N2O5S/c1-3-27(21-7-5-4-6-8-21)33(29,30)22-12-9-19(10-13-22)25(28)26-18(2)20-11-14-23-24(17-20)32-16-15-31-23/h4-14,17-18H,3,15-16H2,1-2H3,(H,26,28)/t18-/m1/s1. The van der Waals surface area contributed by atoms with Crippen LogP contribution in [0.2, 0.25) is 0 Å². The first kappa shape index (κ1) is 22.7. The molecule has 0 fully saturated rings. The summed E-state index contributed by atoms with van der Waals surface area (Å²) in [7, 11) is -3.75. The number of ether oxygens (including phenoxy) is 2. The van der Waals surface area contributed by atoms with Crippen molar-refractivity contribution in [3.63, 3.8) is 0 Å². The summed E-state index contributed by atoms with van der Waals surface area (Å²) in [6, 6.07) is 20.2. The van der Waals surface area contributed by atoms with Crippen molar-refractivity contribution in [1.82, 2.24) is 5.32 Å². The Balaban J connectivity index is 1.48. The van der Waals surface area contributed by atoms with Gasteiger partial charge in [0.15, 0.2) is 11.5 Å². The maximum absolute atomic E-state index is 13.1. The van der Waals surface area contributed by atoms with Crippen LogP contribution in [0.3, 0.4) is 0 Å². The Hall–Kier alpha value is -3.52. The van der Waals surface area contributed by atoms with E-state index >= 15 is 0 Å². The Labute approximate surface area is 194 Å². The monoisotopic (exact) mass is 466 g/mol. The number of nitrogens with one attached hydrogen (secondary N) is 1. The van der Waals surface area contributed by atoms with Crippen LogP contribution in [0, 0.1) is 0 Å². The van der Waals surface area contributed by atoms with Gasteiger partial charge >= 0.3 is 0 Å². The Bertz CT molecular complexity index is 1230. The van der Waals surface area contributed by atoms with Crippen molar-refractivity contribution < 1.29 is 22.7 Å². The van der Waals surface area contributed by atoms with Crippen LogP contribution >= 0.6 is 0 Å². The van der Waals surface area contributed by atoms with Gasteiger partial charge in [0.25, 0.3) is 15.9 Å². The maximum atomic E-state index is 13.1. The minimum Gasteiger partial charge on any atom is -0.486 e. The molecule has 0 bridgehead atoms. The van der Waals surface area contributed by atoms with E-state index in [-0.39, 0.29) is 16.8 Å². The van der Waals surface area contributed by atoms with E-state index in [0.717, 1.165) is 5.56 Å². The molecule has 0 saturated carbocycles. The van der Waals surface area contributed by atoms with Gasteiger partial charge in [-0.15, -0.1) is 0 Å². The SMILES string of the molecule is CCN(c1ccccc1)S(=O)(=O)c1ccc(C(=O)N[C@H](C)c2ccc3c(c2)OCCO3)cc1. The van der Waals surface area contributed by atoms with Gasteiger partial charge in [-0.3, -0.25) is 9.10 Å². The lowest BCUT2D eigenvalue weighted by Gasteiger charge is -2.23. The molecule has 1 heterocycles. The number of anilines is 1. The number of nitrogens with zero attached hydrogens (tertiary/aromatic N) is 1. The summed E-state index contributed by atoms with van der Waals surface area (Å²) in [4.78, 5) is 12.9. The highest BCUT2D eigenvalue weighted by Gasteiger charge is 2.24. The van der Waals surface area contributed by atoms with Gasteiger partial charge in [-0.1, -0.05) is 24.3 Å². The zero-order valence-electron chi connectivity index (χ0n) is 18.5. The molecule has 8 heteroatoms. The van der Waals surface area contributed by atoms with Crippen LogP contribution < -0.4 is 19.1 Å². The van der Waals surface area contributed by atoms with Crippen LogP contribution in [0.1, 0.15) is 35.8 Å². The van der Waals surface area contributed by atoms with Crippen molar-refractivity contribution in [1.29, 1.82) is 0 Å². The molecular formula is C25H26N2O5S. The molecule has 1 atom stereocenters. The zero-order valence-corrected chi connectivity index (χ0v) is 19.3. The first-order valence-electron chi connectivity index (χ1n) is 10.8. The smallest absolute Gasteiger partial charge is 0.264 e. The second-order valence-electron chi connectivity index (χ2n) is 7.63. The van der Waals surface area contributed by atoms with Crippen LogP contribution in [-0.2, 0) is 10.0 Å². The number of para-hydroxylation sites is 1. The van der Waals surface area contributed by atoms with Crippen LogP contribution in [0.5, 0.6) is 11.5 Å². The highest BCUT2D eigenvalue weighted by atomic mass is 32.2. The van der Waals surface area contributed by atoms with Crippen molar-refractivity contribution >= 4 is 21.6 Å². The van der Waals surface area contributed by atoms with Gasteiger partial charge in [-0.2, -0.15) is 0 Å². The van der Waals surface area contributed by atoms with E-state index in [1.807, 2.05) is 31.2 Å². The lowest BCUT2D eigenvalue weighted by molar-refractivity contribution is 0.0939. The Morgan fingerprint density at radius 2 is 1.64 bits per heavy atom. The average Bonchev–Trinajstić information content (AvgIpc) is 2.84. The number of hydrogen-bond acceptors (Lipinski definition) is 5. The number of benzene rings is 3. The van der Waals surface area contributed by atoms with Gasteiger partial charge in [0.05, 0.1) is 16.6 Å². The quantitative estimate of drug-likeness (QED) is 0.565. The Morgan fingerprint density at radius 3 is 2.30 bits per heavy atom. The number of carbonyl (C=O) groups is 1. The van der Waals surface area contributed by atoms with Crippen molar-refractivity contribution in [2.45, 2.75) is 24.8 Å². The van der Waals surface area contributed by atoms with E-state index in [4.69, 9.17) is 9.47 Å². The largest absolute Gasteiger partial charge is 0.486 e. The summed E-state index contributed by atoms with van der Waals surface area (Å²) < 4.78 is 38.7. The fourth-order valence-electron chi connectivity index (χ4n) is 3.68. The summed E-state index contributed by atoms with van der Waals surface area (Å²) >= 11 is 0. The lowest BCUT2D eigenvalue weighted by Crippen LogP contribution is -2.31. The Morgan fingerprint density at radius 1 is 0.970 bits per heavy atom. The average molecular weight is 467 g/mol. The molecule has 0 aliphatic carbocycles. The van der Waals surface area contributed by atoms with Gasteiger partial charge in [0.1, 0.15) is 13.2 Å². The van der Waals surface area contributed by atoms with Gasteiger partial charge < -0.3 is 14.8 Å². The molecular weight excluding hydrogens is 440 g/mol. The van der Waals surface area contributed by atoms with Crippen LogP contribution in [-0.4, -0.2) is 34.1 Å². The van der Waals surface area contributed by atoms with E-state index < -0.39 is 10.0 Å². The molecule has 0 radical (unpaired) electrons. The summed E-state index contributed by atoms with van der Waals surface area (Å²) in [6.07, 6.45) is 0. The number of amides is 1. The molecule has 3 aromatic carbocycles. The summed E-state index contributed by atoms with van der Waals surface area (Å²) in [6.45, 7) is 4.96. The highest BCUT2D eigenvalue weighted by molar-refractivity contribution is 7.92. The second-order valence-corrected chi connectivity index (χ2v) is 9.49.